The number of hydrogen-bond acceptors (Lipinski definition) is 3. The number of rotatable bonds is 4. The molecule has 3 heteroatoms. The fourth-order valence-electron chi connectivity index (χ4n) is 2.92. The molecule has 0 bridgehead atoms. The maximum Gasteiger partial charge on any atom is 0.125 e. The quantitative estimate of drug-likeness (QED) is 0.914. The van der Waals surface area contributed by atoms with Crippen LogP contribution in [0.1, 0.15) is 29.2 Å². The number of hydrogen-bond donors (Lipinski definition) is 1. The Bertz CT molecular complexity index is 561. The van der Waals surface area contributed by atoms with Crippen molar-refractivity contribution >= 4 is 5.69 Å². The number of nitrogens with zero attached hydrogens (tertiary/aromatic N) is 1. The van der Waals surface area contributed by atoms with Gasteiger partial charge in [-0.25, -0.2) is 0 Å². The average molecular weight is 256 g/mol. The number of fused-ring (bicyclic) bond motifs is 1. The molecule has 0 saturated carbocycles. The molecule has 1 atom stereocenters. The summed E-state index contributed by atoms with van der Waals surface area (Å²) >= 11 is 0. The zero-order valence-corrected chi connectivity index (χ0v) is 11.3. The van der Waals surface area contributed by atoms with E-state index >= 15 is 0 Å². The number of nitrogens with two attached hydrogens (primary N) is 1. The Kier molecular flexibility index (Phi) is 3.30. The van der Waals surface area contributed by atoms with Crippen LogP contribution < -0.4 is 10.6 Å². The molecule has 2 aromatic rings. The third kappa shape index (κ3) is 2.26. The first-order chi connectivity index (χ1) is 9.29. The minimum absolute atomic E-state index is 0.552. The highest BCUT2D eigenvalue weighted by molar-refractivity contribution is 5.60. The van der Waals surface area contributed by atoms with E-state index in [1.165, 1.54) is 16.8 Å². The Hall–Kier alpha value is -1.74. The van der Waals surface area contributed by atoms with Crippen molar-refractivity contribution in [1.29, 1.82) is 0 Å². The van der Waals surface area contributed by atoms with Gasteiger partial charge in [0.25, 0.3) is 0 Å². The van der Waals surface area contributed by atoms with Gasteiger partial charge in [0.05, 0.1) is 12.8 Å². The van der Waals surface area contributed by atoms with E-state index in [9.17, 15) is 0 Å². The summed E-state index contributed by atoms with van der Waals surface area (Å²) in [6, 6.07) is 10.7. The Morgan fingerprint density at radius 3 is 2.89 bits per heavy atom. The summed E-state index contributed by atoms with van der Waals surface area (Å²) in [5, 5.41) is 0. The van der Waals surface area contributed by atoms with Gasteiger partial charge < -0.3 is 15.1 Å². The number of anilines is 1. The Morgan fingerprint density at radius 2 is 2.16 bits per heavy atom. The van der Waals surface area contributed by atoms with Crippen LogP contribution in [0.5, 0.6) is 0 Å². The third-order valence-corrected chi connectivity index (χ3v) is 3.98. The lowest BCUT2D eigenvalue weighted by molar-refractivity contribution is 0.497. The predicted molar refractivity (Wildman–Crippen MR) is 77.3 cm³/mol. The van der Waals surface area contributed by atoms with Crippen molar-refractivity contribution in [2.45, 2.75) is 25.8 Å². The van der Waals surface area contributed by atoms with Gasteiger partial charge in [0, 0.05) is 18.2 Å². The van der Waals surface area contributed by atoms with E-state index in [2.05, 4.69) is 36.1 Å². The lowest BCUT2D eigenvalue weighted by atomic mass is 9.98. The molecule has 1 aliphatic heterocycles. The first kappa shape index (κ1) is 12.3. The molecule has 1 unspecified atom stereocenters. The van der Waals surface area contributed by atoms with Crippen molar-refractivity contribution in [3.8, 4) is 0 Å². The molecule has 0 amide bonds. The largest absolute Gasteiger partial charge is 0.467 e. The monoisotopic (exact) mass is 256 g/mol. The fraction of sp³-hybridized carbons (Fsp3) is 0.375. The summed E-state index contributed by atoms with van der Waals surface area (Å²) in [6.45, 7) is 4.72. The van der Waals surface area contributed by atoms with Crippen LogP contribution >= 0.6 is 0 Å². The molecule has 3 rings (SSSR count). The van der Waals surface area contributed by atoms with E-state index in [1.54, 1.807) is 6.26 Å². The van der Waals surface area contributed by atoms with Gasteiger partial charge in [0.2, 0.25) is 0 Å². The topological polar surface area (TPSA) is 42.4 Å². The van der Waals surface area contributed by atoms with Gasteiger partial charge in [-0.05, 0) is 43.1 Å². The van der Waals surface area contributed by atoms with E-state index in [0.29, 0.717) is 5.92 Å². The van der Waals surface area contributed by atoms with Gasteiger partial charge >= 0.3 is 0 Å². The second kappa shape index (κ2) is 5.10. The normalized spacial score (nSPS) is 17.8. The molecule has 2 N–H and O–H groups in total. The predicted octanol–water partition coefficient (Wildman–Crippen LogP) is 3.04. The summed E-state index contributed by atoms with van der Waals surface area (Å²) in [4.78, 5) is 2.40. The van der Waals surface area contributed by atoms with E-state index in [4.69, 9.17) is 10.2 Å². The molecule has 0 fully saturated rings. The number of furan rings is 1. The lowest BCUT2D eigenvalue weighted by Crippen LogP contribution is -2.22. The van der Waals surface area contributed by atoms with Crippen LogP contribution in [0.15, 0.2) is 41.0 Å². The summed E-state index contributed by atoms with van der Waals surface area (Å²) < 4.78 is 5.57. The van der Waals surface area contributed by atoms with Crippen LogP contribution in [0.3, 0.4) is 0 Å². The second-order valence-corrected chi connectivity index (χ2v) is 5.24. The molecule has 0 aliphatic carbocycles. The second-order valence-electron chi connectivity index (χ2n) is 5.24. The van der Waals surface area contributed by atoms with Gasteiger partial charge in [0.15, 0.2) is 0 Å². The zero-order chi connectivity index (χ0) is 13.2. The minimum Gasteiger partial charge on any atom is -0.467 e. The molecule has 1 aliphatic rings. The van der Waals surface area contributed by atoms with Crippen LogP contribution in [0.2, 0.25) is 0 Å². The van der Waals surface area contributed by atoms with E-state index < -0.39 is 0 Å². The van der Waals surface area contributed by atoms with Crippen LogP contribution in [0.4, 0.5) is 5.69 Å². The molecular weight excluding hydrogens is 236 g/mol. The number of benzene rings is 1. The Balaban J connectivity index is 1.86. The SMILES string of the molecule is Cc1ccoc1CN1CC(CCN)c2ccccc21. The van der Waals surface area contributed by atoms with Crippen molar-refractivity contribution < 1.29 is 4.42 Å². The molecule has 2 heterocycles. The maximum atomic E-state index is 5.73. The van der Waals surface area contributed by atoms with Crippen LogP contribution in [0.25, 0.3) is 0 Å². The summed E-state index contributed by atoms with van der Waals surface area (Å²) in [5.41, 5.74) is 9.71. The van der Waals surface area contributed by atoms with E-state index in [-0.39, 0.29) is 0 Å². The van der Waals surface area contributed by atoms with Crippen molar-refractivity contribution in [3.63, 3.8) is 0 Å². The van der Waals surface area contributed by atoms with Gasteiger partial charge in [-0.3, -0.25) is 0 Å². The molecule has 3 nitrogen and oxygen atoms in total. The number of para-hydroxylation sites is 1. The fourth-order valence-corrected chi connectivity index (χ4v) is 2.92. The molecule has 1 aromatic heterocycles. The number of aryl methyl sites for hydroxylation is 1. The molecule has 19 heavy (non-hydrogen) atoms. The van der Waals surface area contributed by atoms with Crippen molar-refractivity contribution in [3.05, 3.63) is 53.5 Å². The van der Waals surface area contributed by atoms with Gasteiger partial charge in [-0.2, -0.15) is 0 Å². The van der Waals surface area contributed by atoms with Crippen LogP contribution in [-0.4, -0.2) is 13.1 Å². The van der Waals surface area contributed by atoms with E-state index in [1.807, 2.05) is 6.07 Å². The first-order valence-corrected chi connectivity index (χ1v) is 6.86. The van der Waals surface area contributed by atoms with Gasteiger partial charge in [-0.15, -0.1) is 0 Å². The molecule has 0 radical (unpaired) electrons. The van der Waals surface area contributed by atoms with Gasteiger partial charge in [0.1, 0.15) is 5.76 Å². The summed E-state index contributed by atoms with van der Waals surface area (Å²) in [5.74, 6) is 1.61. The lowest BCUT2D eigenvalue weighted by Gasteiger charge is -2.19. The molecule has 0 spiro atoms. The third-order valence-electron chi connectivity index (χ3n) is 3.98. The van der Waals surface area contributed by atoms with Crippen molar-refractivity contribution in [1.82, 2.24) is 0 Å². The highest BCUT2D eigenvalue weighted by Crippen LogP contribution is 2.38. The zero-order valence-electron chi connectivity index (χ0n) is 11.3. The first-order valence-electron chi connectivity index (χ1n) is 6.86. The van der Waals surface area contributed by atoms with Crippen molar-refractivity contribution in [2.24, 2.45) is 5.73 Å². The highest BCUT2D eigenvalue weighted by Gasteiger charge is 2.28. The standard InChI is InChI=1S/C16H20N2O/c1-12-7-9-19-16(12)11-18-10-13(6-8-17)14-4-2-3-5-15(14)18/h2-5,7,9,13H,6,8,10-11,17H2,1H3. The van der Waals surface area contributed by atoms with E-state index in [0.717, 1.165) is 31.8 Å². The molecule has 1 aromatic carbocycles. The van der Waals surface area contributed by atoms with Gasteiger partial charge in [-0.1, -0.05) is 18.2 Å². The molecule has 0 saturated heterocycles. The maximum absolute atomic E-state index is 5.73. The summed E-state index contributed by atoms with van der Waals surface area (Å²) in [7, 11) is 0. The Morgan fingerprint density at radius 1 is 1.32 bits per heavy atom. The minimum atomic E-state index is 0.552. The average Bonchev–Trinajstić information content (AvgIpc) is 2.97. The van der Waals surface area contributed by atoms with Crippen LogP contribution in [-0.2, 0) is 6.54 Å². The van der Waals surface area contributed by atoms with Crippen LogP contribution in [0, 0.1) is 6.92 Å². The Labute approximate surface area is 114 Å². The molecule has 100 valence electrons. The highest BCUT2D eigenvalue weighted by atomic mass is 16.3. The molecular formula is C16H20N2O. The smallest absolute Gasteiger partial charge is 0.125 e. The van der Waals surface area contributed by atoms with Crippen molar-refractivity contribution in [2.75, 3.05) is 18.0 Å². The summed E-state index contributed by atoms with van der Waals surface area (Å²) in [6.07, 6.45) is 2.81.